The number of hydrogen-bond donors (Lipinski definition) is 1. The first-order chi connectivity index (χ1) is 16.4. The summed E-state index contributed by atoms with van der Waals surface area (Å²) in [5.74, 6) is 0.334. The molecule has 1 N–H and O–H groups in total. The van der Waals surface area contributed by atoms with E-state index in [1.54, 1.807) is 4.90 Å². The minimum Gasteiger partial charge on any atom is -0.489 e. The molecule has 1 aliphatic heterocycles. The highest BCUT2D eigenvalue weighted by Gasteiger charge is 2.55. The molecule has 180 valence electrons. The molecule has 34 heavy (non-hydrogen) atoms. The number of amides is 4. The number of hydrogen-bond acceptors (Lipinski definition) is 4. The van der Waals surface area contributed by atoms with Gasteiger partial charge in [0, 0.05) is 13.1 Å². The van der Waals surface area contributed by atoms with E-state index in [1.807, 2.05) is 68.4 Å². The van der Waals surface area contributed by atoms with Gasteiger partial charge in [-0.05, 0) is 48.9 Å². The molecule has 2 aliphatic rings. The van der Waals surface area contributed by atoms with Gasteiger partial charge in [-0.2, -0.15) is 0 Å². The lowest BCUT2D eigenvalue weighted by Gasteiger charge is -2.36. The first-order valence-corrected chi connectivity index (χ1v) is 12.1. The zero-order valence-electron chi connectivity index (χ0n) is 20.0. The first-order valence-electron chi connectivity index (χ1n) is 12.1. The third-order valence-corrected chi connectivity index (χ3v) is 7.07. The van der Waals surface area contributed by atoms with Crippen LogP contribution < -0.4 is 10.1 Å². The molecule has 1 aliphatic carbocycles. The van der Waals surface area contributed by atoms with Gasteiger partial charge in [-0.15, -0.1) is 0 Å². The second-order valence-electron chi connectivity index (χ2n) is 9.27. The lowest BCUT2D eigenvalue weighted by molar-refractivity contribution is -0.140. The summed E-state index contributed by atoms with van der Waals surface area (Å²) in [6.45, 7) is 5.05. The number of urea groups is 1. The van der Waals surface area contributed by atoms with Crippen molar-refractivity contribution in [3.8, 4) is 5.75 Å². The van der Waals surface area contributed by atoms with Gasteiger partial charge >= 0.3 is 6.03 Å². The second-order valence-corrected chi connectivity index (χ2v) is 9.27. The van der Waals surface area contributed by atoms with Gasteiger partial charge in [-0.1, -0.05) is 62.2 Å². The summed E-state index contributed by atoms with van der Waals surface area (Å²) in [6, 6.07) is 17.2. The smallest absolute Gasteiger partial charge is 0.325 e. The third-order valence-electron chi connectivity index (χ3n) is 7.07. The van der Waals surface area contributed by atoms with Crippen LogP contribution in [0.1, 0.15) is 50.7 Å². The molecule has 1 heterocycles. The topological polar surface area (TPSA) is 79.0 Å². The van der Waals surface area contributed by atoms with Crippen LogP contribution in [0, 0.1) is 5.92 Å². The molecule has 0 radical (unpaired) electrons. The van der Waals surface area contributed by atoms with Crippen LogP contribution >= 0.6 is 0 Å². The summed E-state index contributed by atoms with van der Waals surface area (Å²) in [4.78, 5) is 41.6. The molecule has 0 aromatic heterocycles. The SMILES string of the molecule is CCN(Cc1ccc(OCc2ccccc2)cc1)C(=O)CN1C(=O)NC2(CCCCC2C)C1=O. The molecule has 1 saturated heterocycles. The van der Waals surface area contributed by atoms with Gasteiger partial charge in [-0.3, -0.25) is 14.5 Å². The molecule has 7 nitrogen and oxygen atoms in total. The minimum atomic E-state index is -0.845. The van der Waals surface area contributed by atoms with Crippen molar-refractivity contribution in [2.24, 2.45) is 5.92 Å². The maximum Gasteiger partial charge on any atom is 0.325 e. The molecule has 2 aromatic carbocycles. The van der Waals surface area contributed by atoms with Gasteiger partial charge in [0.2, 0.25) is 5.91 Å². The van der Waals surface area contributed by atoms with Crippen molar-refractivity contribution in [2.45, 2.75) is 58.2 Å². The number of benzene rings is 2. The normalized spacial score (nSPS) is 22.1. The van der Waals surface area contributed by atoms with E-state index in [0.717, 1.165) is 41.0 Å². The minimum absolute atomic E-state index is 0.0719. The molecular weight excluding hydrogens is 430 g/mol. The lowest BCUT2D eigenvalue weighted by Crippen LogP contribution is -2.54. The average molecular weight is 464 g/mol. The Morgan fingerprint density at radius 2 is 1.82 bits per heavy atom. The monoisotopic (exact) mass is 463 g/mol. The van der Waals surface area contributed by atoms with E-state index in [2.05, 4.69) is 5.32 Å². The number of carbonyl (C=O) groups excluding carboxylic acids is 3. The summed E-state index contributed by atoms with van der Waals surface area (Å²) in [6.07, 6.45) is 3.51. The maximum atomic E-state index is 13.2. The maximum absolute atomic E-state index is 13.2. The highest BCUT2D eigenvalue weighted by molar-refractivity contribution is 6.09. The van der Waals surface area contributed by atoms with Gasteiger partial charge in [0.15, 0.2) is 0 Å². The highest BCUT2D eigenvalue weighted by atomic mass is 16.5. The Hall–Kier alpha value is -3.35. The van der Waals surface area contributed by atoms with Crippen molar-refractivity contribution in [2.75, 3.05) is 13.1 Å². The molecule has 1 spiro atoms. The van der Waals surface area contributed by atoms with Crippen LogP contribution in [0.15, 0.2) is 54.6 Å². The Balaban J connectivity index is 1.34. The molecule has 2 aromatic rings. The average Bonchev–Trinajstić information content (AvgIpc) is 3.09. The summed E-state index contributed by atoms with van der Waals surface area (Å²) >= 11 is 0. The Labute approximate surface area is 201 Å². The molecule has 2 atom stereocenters. The van der Waals surface area contributed by atoms with Crippen LogP contribution in [0.2, 0.25) is 0 Å². The van der Waals surface area contributed by atoms with Gasteiger partial charge in [0.1, 0.15) is 24.4 Å². The fourth-order valence-corrected chi connectivity index (χ4v) is 4.90. The fourth-order valence-electron chi connectivity index (χ4n) is 4.90. The van der Waals surface area contributed by atoms with Crippen molar-refractivity contribution in [1.29, 1.82) is 0 Å². The zero-order valence-corrected chi connectivity index (χ0v) is 20.0. The van der Waals surface area contributed by atoms with E-state index in [0.29, 0.717) is 26.1 Å². The molecule has 1 saturated carbocycles. The second kappa shape index (κ2) is 10.3. The third kappa shape index (κ3) is 4.93. The van der Waals surface area contributed by atoms with Gasteiger partial charge in [-0.25, -0.2) is 4.79 Å². The van der Waals surface area contributed by atoms with Crippen molar-refractivity contribution in [3.63, 3.8) is 0 Å². The Kier molecular flexibility index (Phi) is 7.20. The number of imide groups is 1. The summed E-state index contributed by atoms with van der Waals surface area (Å²) in [5.41, 5.74) is 1.21. The van der Waals surface area contributed by atoms with Gasteiger partial charge in [0.25, 0.3) is 5.91 Å². The fraction of sp³-hybridized carbons (Fsp3) is 0.444. The van der Waals surface area contributed by atoms with E-state index in [1.165, 1.54) is 0 Å². The van der Waals surface area contributed by atoms with E-state index in [4.69, 9.17) is 4.74 Å². The van der Waals surface area contributed by atoms with Gasteiger partial charge in [0.05, 0.1) is 0 Å². The predicted molar refractivity (Wildman–Crippen MR) is 129 cm³/mol. The lowest BCUT2D eigenvalue weighted by atomic mass is 9.73. The molecule has 4 amide bonds. The van der Waals surface area contributed by atoms with E-state index < -0.39 is 11.6 Å². The first kappa shape index (κ1) is 23.8. The molecular formula is C27H33N3O4. The molecule has 4 rings (SSSR count). The van der Waals surface area contributed by atoms with E-state index in [9.17, 15) is 14.4 Å². The quantitative estimate of drug-likeness (QED) is 0.598. The van der Waals surface area contributed by atoms with E-state index >= 15 is 0 Å². The number of rotatable bonds is 8. The Morgan fingerprint density at radius 1 is 1.09 bits per heavy atom. The largest absolute Gasteiger partial charge is 0.489 e. The van der Waals surface area contributed by atoms with Crippen molar-refractivity contribution >= 4 is 17.8 Å². The number of nitrogens with one attached hydrogen (secondary N) is 1. The van der Waals surface area contributed by atoms with Crippen LogP contribution in [0.3, 0.4) is 0 Å². The van der Waals surface area contributed by atoms with Crippen LogP contribution in [-0.2, 0) is 22.7 Å². The number of carbonyl (C=O) groups is 3. The van der Waals surface area contributed by atoms with Crippen molar-refractivity contribution < 1.29 is 19.1 Å². The van der Waals surface area contributed by atoms with E-state index in [-0.39, 0.29) is 24.3 Å². The molecule has 2 fully saturated rings. The predicted octanol–water partition coefficient (Wildman–Crippen LogP) is 4.11. The van der Waals surface area contributed by atoms with Crippen molar-refractivity contribution in [1.82, 2.24) is 15.1 Å². The van der Waals surface area contributed by atoms with Crippen LogP contribution in [0.4, 0.5) is 4.79 Å². The number of nitrogens with zero attached hydrogens (tertiary/aromatic N) is 2. The number of ether oxygens (including phenoxy) is 1. The highest BCUT2D eigenvalue weighted by Crippen LogP contribution is 2.38. The number of likely N-dealkylation sites (N-methyl/N-ethyl adjacent to an activating group) is 1. The Morgan fingerprint density at radius 3 is 2.50 bits per heavy atom. The summed E-state index contributed by atoms with van der Waals surface area (Å²) in [5, 5.41) is 2.91. The van der Waals surface area contributed by atoms with Crippen molar-refractivity contribution in [3.05, 3.63) is 65.7 Å². The van der Waals surface area contributed by atoms with Crippen LogP contribution in [-0.4, -0.2) is 46.3 Å². The molecule has 0 bridgehead atoms. The Bertz CT molecular complexity index is 1020. The van der Waals surface area contributed by atoms with Gasteiger partial charge < -0.3 is 15.0 Å². The summed E-state index contributed by atoms with van der Waals surface area (Å²) in [7, 11) is 0. The molecule has 2 unspecified atom stereocenters. The zero-order chi connectivity index (χ0) is 24.1. The van der Waals surface area contributed by atoms with Crippen LogP contribution in [0.25, 0.3) is 0 Å². The van der Waals surface area contributed by atoms with Crippen LogP contribution in [0.5, 0.6) is 5.75 Å². The summed E-state index contributed by atoms with van der Waals surface area (Å²) < 4.78 is 5.83. The molecule has 7 heteroatoms. The standard InChI is InChI=1S/C27H33N3O4/c1-3-29(17-21-12-14-23(15-13-21)34-19-22-10-5-4-6-11-22)24(31)18-30-25(32)27(28-26(30)33)16-8-7-9-20(27)2/h4-6,10-15,20H,3,7-9,16-19H2,1-2H3,(H,28,33).